The molecule has 0 N–H and O–H groups in total. The van der Waals surface area contributed by atoms with E-state index in [1.807, 2.05) is 36.7 Å². The number of pyridine rings is 1. The monoisotopic (exact) mass is 388 g/mol. The second-order valence-corrected chi connectivity index (χ2v) is 7.89. The molecule has 2 aliphatic rings. The van der Waals surface area contributed by atoms with Crippen LogP contribution in [0.3, 0.4) is 0 Å². The number of nitrogens with zero attached hydrogens (tertiary/aromatic N) is 4. The van der Waals surface area contributed by atoms with Gasteiger partial charge < -0.3 is 9.47 Å². The van der Waals surface area contributed by atoms with Crippen molar-refractivity contribution in [3.8, 4) is 17.1 Å². The number of methoxy groups -OCH3 is 1. The van der Waals surface area contributed by atoms with E-state index in [1.54, 1.807) is 13.3 Å². The van der Waals surface area contributed by atoms with E-state index in [0.717, 1.165) is 54.4 Å². The van der Waals surface area contributed by atoms with Gasteiger partial charge in [-0.2, -0.15) is 0 Å². The van der Waals surface area contributed by atoms with E-state index in [2.05, 4.69) is 27.0 Å². The number of ether oxygens (including phenoxy) is 2. The third kappa shape index (κ3) is 3.50. The molecule has 1 spiro atoms. The predicted molar refractivity (Wildman–Crippen MR) is 109 cm³/mol. The number of rotatable bonds is 4. The Hall–Kier alpha value is -2.83. The van der Waals surface area contributed by atoms with Crippen LogP contribution in [0.1, 0.15) is 23.2 Å². The van der Waals surface area contributed by atoms with Crippen molar-refractivity contribution in [1.29, 1.82) is 0 Å². The van der Waals surface area contributed by atoms with Crippen LogP contribution in [0.2, 0.25) is 0 Å². The topological polar surface area (TPSA) is 60.4 Å². The molecule has 2 aliphatic heterocycles. The van der Waals surface area contributed by atoms with E-state index < -0.39 is 0 Å². The van der Waals surface area contributed by atoms with Gasteiger partial charge in [0.1, 0.15) is 5.75 Å². The number of fused-ring (bicyclic) bond motifs is 2. The standard InChI is InChI=1S/C23H24N4O2/c1-28-20-6-4-17(5-7-20)13-27-10-8-23(15-27)16-29-14-19-12-25-22(26-21(19)23)18-3-2-9-24-11-18/h2-7,9,11-12H,8,10,13-16H2,1H3. The normalized spacial score (nSPS) is 21.3. The van der Waals surface area contributed by atoms with Crippen LogP contribution in [0.15, 0.2) is 55.0 Å². The summed E-state index contributed by atoms with van der Waals surface area (Å²) in [5.41, 5.74) is 4.42. The molecule has 3 aromatic rings. The van der Waals surface area contributed by atoms with Gasteiger partial charge in [0.15, 0.2) is 5.82 Å². The van der Waals surface area contributed by atoms with Crippen LogP contribution in [0, 0.1) is 0 Å². The summed E-state index contributed by atoms with van der Waals surface area (Å²) in [6, 6.07) is 12.2. The highest BCUT2D eigenvalue weighted by molar-refractivity contribution is 5.54. The van der Waals surface area contributed by atoms with Crippen LogP contribution < -0.4 is 4.74 Å². The van der Waals surface area contributed by atoms with Crippen molar-refractivity contribution < 1.29 is 9.47 Å². The van der Waals surface area contributed by atoms with Gasteiger partial charge in [-0.05, 0) is 42.8 Å². The van der Waals surface area contributed by atoms with Gasteiger partial charge in [-0.15, -0.1) is 0 Å². The van der Waals surface area contributed by atoms with Crippen molar-refractivity contribution in [2.75, 3.05) is 26.8 Å². The molecule has 0 amide bonds. The van der Waals surface area contributed by atoms with Gasteiger partial charge in [-0.3, -0.25) is 9.88 Å². The molecule has 1 aromatic carbocycles. The van der Waals surface area contributed by atoms with Crippen molar-refractivity contribution in [3.05, 3.63) is 71.8 Å². The second kappa shape index (κ2) is 7.54. The van der Waals surface area contributed by atoms with Crippen LogP contribution in [0.4, 0.5) is 0 Å². The molecule has 0 bridgehead atoms. The summed E-state index contributed by atoms with van der Waals surface area (Å²) in [5, 5.41) is 0. The van der Waals surface area contributed by atoms with Crippen LogP contribution >= 0.6 is 0 Å². The molecule has 1 fully saturated rings. The molecule has 0 saturated carbocycles. The average molecular weight is 388 g/mol. The summed E-state index contributed by atoms with van der Waals surface area (Å²) < 4.78 is 11.2. The summed E-state index contributed by atoms with van der Waals surface area (Å²) in [4.78, 5) is 16.3. The van der Waals surface area contributed by atoms with E-state index in [9.17, 15) is 0 Å². The highest BCUT2D eigenvalue weighted by Crippen LogP contribution is 2.40. The second-order valence-electron chi connectivity index (χ2n) is 7.89. The van der Waals surface area contributed by atoms with Crippen molar-refractivity contribution in [2.24, 2.45) is 0 Å². The van der Waals surface area contributed by atoms with E-state index in [0.29, 0.717) is 13.2 Å². The Bertz CT molecular complexity index is 994. The molecular formula is C23H24N4O2. The Morgan fingerprint density at radius 2 is 2.07 bits per heavy atom. The van der Waals surface area contributed by atoms with Gasteiger partial charge in [-0.1, -0.05) is 12.1 Å². The molecule has 1 atom stereocenters. The van der Waals surface area contributed by atoms with E-state index in [-0.39, 0.29) is 5.41 Å². The maximum absolute atomic E-state index is 5.97. The molecule has 1 saturated heterocycles. The van der Waals surface area contributed by atoms with E-state index >= 15 is 0 Å². The molecule has 6 heteroatoms. The third-order valence-electron chi connectivity index (χ3n) is 5.92. The predicted octanol–water partition coefficient (Wildman–Crippen LogP) is 3.22. The maximum atomic E-state index is 5.97. The lowest BCUT2D eigenvalue weighted by Gasteiger charge is -2.34. The number of hydrogen-bond acceptors (Lipinski definition) is 6. The molecule has 0 aliphatic carbocycles. The van der Waals surface area contributed by atoms with E-state index in [4.69, 9.17) is 14.5 Å². The number of aromatic nitrogens is 3. The minimum Gasteiger partial charge on any atom is -0.497 e. The molecule has 1 unspecified atom stereocenters. The molecular weight excluding hydrogens is 364 g/mol. The van der Waals surface area contributed by atoms with Crippen LogP contribution in [-0.2, 0) is 23.3 Å². The highest BCUT2D eigenvalue weighted by Gasteiger charge is 2.44. The zero-order valence-corrected chi connectivity index (χ0v) is 16.5. The lowest BCUT2D eigenvalue weighted by atomic mass is 9.80. The fourth-order valence-electron chi connectivity index (χ4n) is 4.42. The van der Waals surface area contributed by atoms with Crippen molar-refractivity contribution in [1.82, 2.24) is 19.9 Å². The Balaban J connectivity index is 1.40. The Morgan fingerprint density at radius 1 is 1.17 bits per heavy atom. The first kappa shape index (κ1) is 18.2. The van der Waals surface area contributed by atoms with Crippen molar-refractivity contribution in [2.45, 2.75) is 25.0 Å². The molecule has 148 valence electrons. The summed E-state index contributed by atoms with van der Waals surface area (Å²) in [6.45, 7) is 4.18. The molecule has 0 radical (unpaired) electrons. The zero-order valence-electron chi connectivity index (χ0n) is 16.5. The maximum Gasteiger partial charge on any atom is 0.160 e. The summed E-state index contributed by atoms with van der Waals surface area (Å²) in [6.07, 6.45) is 6.56. The first-order valence-electron chi connectivity index (χ1n) is 9.96. The SMILES string of the molecule is COc1ccc(CN2CCC3(COCc4cnc(-c5cccnc5)nc43)C2)cc1. The van der Waals surface area contributed by atoms with Gasteiger partial charge >= 0.3 is 0 Å². The largest absolute Gasteiger partial charge is 0.497 e. The van der Waals surface area contributed by atoms with Crippen LogP contribution in [-0.4, -0.2) is 46.7 Å². The third-order valence-corrected chi connectivity index (χ3v) is 5.92. The van der Waals surface area contributed by atoms with Gasteiger partial charge in [-0.25, -0.2) is 9.97 Å². The average Bonchev–Trinajstić information content (AvgIpc) is 3.18. The van der Waals surface area contributed by atoms with E-state index in [1.165, 1.54) is 5.56 Å². The van der Waals surface area contributed by atoms with Crippen LogP contribution in [0.5, 0.6) is 5.75 Å². The quantitative estimate of drug-likeness (QED) is 0.684. The Kier molecular flexibility index (Phi) is 4.73. The van der Waals surface area contributed by atoms with Gasteiger partial charge in [0.2, 0.25) is 0 Å². The van der Waals surface area contributed by atoms with Gasteiger partial charge in [0.05, 0.1) is 31.4 Å². The summed E-state index contributed by atoms with van der Waals surface area (Å²) in [5.74, 6) is 1.63. The first-order valence-corrected chi connectivity index (χ1v) is 9.96. The smallest absolute Gasteiger partial charge is 0.160 e. The fraction of sp³-hybridized carbons (Fsp3) is 0.348. The Labute approximate surface area is 170 Å². The molecule has 5 rings (SSSR count). The Morgan fingerprint density at radius 3 is 2.86 bits per heavy atom. The minimum absolute atomic E-state index is 0.0695. The lowest BCUT2D eigenvalue weighted by molar-refractivity contribution is 0.0503. The molecule has 4 heterocycles. The number of hydrogen-bond donors (Lipinski definition) is 0. The molecule has 29 heavy (non-hydrogen) atoms. The summed E-state index contributed by atoms with van der Waals surface area (Å²) in [7, 11) is 1.70. The van der Waals surface area contributed by atoms with Gasteiger partial charge in [0.25, 0.3) is 0 Å². The molecule has 2 aromatic heterocycles. The van der Waals surface area contributed by atoms with Gasteiger partial charge in [0, 0.05) is 42.8 Å². The summed E-state index contributed by atoms with van der Waals surface area (Å²) >= 11 is 0. The van der Waals surface area contributed by atoms with Crippen molar-refractivity contribution >= 4 is 0 Å². The minimum atomic E-state index is -0.0695. The molecule has 6 nitrogen and oxygen atoms in total. The number of likely N-dealkylation sites (tertiary alicyclic amines) is 1. The highest BCUT2D eigenvalue weighted by atomic mass is 16.5. The van der Waals surface area contributed by atoms with Crippen molar-refractivity contribution in [3.63, 3.8) is 0 Å². The van der Waals surface area contributed by atoms with Crippen LogP contribution in [0.25, 0.3) is 11.4 Å². The zero-order chi connectivity index (χ0) is 19.7. The lowest BCUT2D eigenvalue weighted by Crippen LogP contribution is -2.40. The first-order chi connectivity index (χ1) is 14.3. The fourth-order valence-corrected chi connectivity index (χ4v) is 4.42. The number of benzene rings is 1.